The van der Waals surface area contributed by atoms with Gasteiger partial charge in [-0.1, -0.05) is 18.2 Å². The van der Waals surface area contributed by atoms with Crippen molar-refractivity contribution in [2.75, 3.05) is 18.1 Å². The molecule has 1 aromatic heterocycles. The van der Waals surface area contributed by atoms with Crippen molar-refractivity contribution in [1.82, 2.24) is 4.90 Å². The first-order chi connectivity index (χ1) is 15.7. The summed E-state index contributed by atoms with van der Waals surface area (Å²) >= 11 is 0. The predicted octanol–water partition coefficient (Wildman–Crippen LogP) is 3.64. The number of hydrogen-bond acceptors (Lipinski definition) is 6. The van der Waals surface area contributed by atoms with Crippen LogP contribution in [0.15, 0.2) is 51.7 Å². The maximum absolute atomic E-state index is 13.6. The third-order valence-corrected chi connectivity index (χ3v) is 7.62. The molecule has 2 heterocycles. The Labute approximate surface area is 192 Å². The van der Waals surface area contributed by atoms with Gasteiger partial charge in [-0.05, 0) is 62.1 Å². The molecule has 1 saturated heterocycles. The number of carbonyl (C=O) groups is 1. The summed E-state index contributed by atoms with van der Waals surface area (Å²) in [5.41, 5.74) is 2.59. The van der Waals surface area contributed by atoms with Crippen LogP contribution in [0.4, 0.5) is 0 Å². The van der Waals surface area contributed by atoms with Gasteiger partial charge in [0, 0.05) is 18.7 Å². The van der Waals surface area contributed by atoms with Gasteiger partial charge in [0.1, 0.15) is 11.3 Å². The molecule has 0 unspecified atom stereocenters. The van der Waals surface area contributed by atoms with Crippen molar-refractivity contribution in [1.29, 1.82) is 0 Å². The zero-order valence-electron chi connectivity index (χ0n) is 19.0. The minimum Gasteiger partial charge on any atom is -0.494 e. The lowest BCUT2D eigenvalue weighted by atomic mass is 10.1. The number of hydrogen-bond donors (Lipinski definition) is 0. The van der Waals surface area contributed by atoms with Gasteiger partial charge in [-0.3, -0.25) is 9.59 Å². The summed E-state index contributed by atoms with van der Waals surface area (Å²) in [5, 5.41) is 0.422. The summed E-state index contributed by atoms with van der Waals surface area (Å²) in [6.07, 6.45) is 0.348. The maximum Gasteiger partial charge on any atom is 0.290 e. The molecule has 1 fully saturated rings. The highest BCUT2D eigenvalue weighted by Crippen LogP contribution is 2.25. The molecule has 2 aromatic carbocycles. The summed E-state index contributed by atoms with van der Waals surface area (Å²) in [5.74, 6) is 0.0600. The lowest BCUT2D eigenvalue weighted by Crippen LogP contribution is -2.40. The molecule has 0 N–H and O–H groups in total. The fourth-order valence-electron chi connectivity index (χ4n) is 4.30. The van der Waals surface area contributed by atoms with Gasteiger partial charge in [0.2, 0.25) is 0 Å². The molecular weight excluding hydrogens is 442 g/mol. The Hall–Kier alpha value is -3.13. The minimum absolute atomic E-state index is 0.0325. The van der Waals surface area contributed by atoms with E-state index in [-0.39, 0.29) is 29.2 Å². The highest BCUT2D eigenvalue weighted by atomic mass is 32.2. The third-order valence-electron chi connectivity index (χ3n) is 5.87. The van der Waals surface area contributed by atoms with Crippen molar-refractivity contribution in [3.05, 3.63) is 75.1 Å². The Kier molecular flexibility index (Phi) is 6.30. The van der Waals surface area contributed by atoms with E-state index in [4.69, 9.17) is 9.15 Å². The monoisotopic (exact) mass is 469 g/mol. The number of amides is 1. The summed E-state index contributed by atoms with van der Waals surface area (Å²) in [7, 11) is -3.22. The van der Waals surface area contributed by atoms with Gasteiger partial charge < -0.3 is 14.1 Å². The van der Waals surface area contributed by atoms with Crippen LogP contribution in [-0.4, -0.2) is 43.4 Å². The highest BCUT2D eigenvalue weighted by Gasteiger charge is 2.36. The molecule has 0 spiro atoms. The highest BCUT2D eigenvalue weighted by molar-refractivity contribution is 7.91. The first-order valence-corrected chi connectivity index (χ1v) is 12.8. The van der Waals surface area contributed by atoms with Gasteiger partial charge in [-0.2, -0.15) is 0 Å². The predicted molar refractivity (Wildman–Crippen MR) is 127 cm³/mol. The number of benzene rings is 2. The van der Waals surface area contributed by atoms with Crippen molar-refractivity contribution in [2.24, 2.45) is 0 Å². The van der Waals surface area contributed by atoms with Crippen molar-refractivity contribution in [2.45, 2.75) is 39.8 Å². The lowest BCUT2D eigenvalue weighted by molar-refractivity contribution is 0.0648. The molecule has 0 bridgehead atoms. The summed E-state index contributed by atoms with van der Waals surface area (Å²) in [6, 6.07) is 11.7. The Morgan fingerprint density at radius 2 is 1.88 bits per heavy atom. The first-order valence-electron chi connectivity index (χ1n) is 10.9. The molecule has 1 atom stereocenters. The van der Waals surface area contributed by atoms with E-state index in [1.165, 1.54) is 11.0 Å². The second kappa shape index (κ2) is 9.02. The topological polar surface area (TPSA) is 93.9 Å². The molecule has 0 saturated carbocycles. The minimum atomic E-state index is -3.22. The number of fused-ring (bicyclic) bond motifs is 1. The van der Waals surface area contributed by atoms with Gasteiger partial charge in [-0.25, -0.2) is 8.42 Å². The van der Waals surface area contributed by atoms with E-state index in [0.29, 0.717) is 29.7 Å². The molecule has 1 amide bonds. The van der Waals surface area contributed by atoms with Gasteiger partial charge in [0.05, 0.1) is 23.5 Å². The van der Waals surface area contributed by atoms with Crippen molar-refractivity contribution in [3.8, 4) is 5.75 Å². The van der Waals surface area contributed by atoms with Crippen molar-refractivity contribution in [3.63, 3.8) is 0 Å². The lowest BCUT2D eigenvalue weighted by Gasteiger charge is -2.28. The maximum atomic E-state index is 13.6. The molecule has 3 aromatic rings. The summed E-state index contributed by atoms with van der Waals surface area (Å²) in [4.78, 5) is 27.8. The van der Waals surface area contributed by atoms with Crippen LogP contribution in [0.5, 0.6) is 5.75 Å². The van der Waals surface area contributed by atoms with Crippen LogP contribution in [0, 0.1) is 13.8 Å². The molecule has 4 rings (SSSR count). The number of ether oxygens (including phenoxy) is 1. The number of sulfone groups is 1. The average Bonchev–Trinajstić information content (AvgIpc) is 3.13. The van der Waals surface area contributed by atoms with Crippen LogP contribution in [0.3, 0.4) is 0 Å². The summed E-state index contributed by atoms with van der Waals surface area (Å²) < 4.78 is 35.7. The van der Waals surface area contributed by atoms with Crippen molar-refractivity contribution >= 4 is 26.7 Å². The van der Waals surface area contributed by atoms with Crippen LogP contribution in [-0.2, 0) is 16.4 Å². The van der Waals surface area contributed by atoms with Crippen LogP contribution in [0.2, 0.25) is 0 Å². The van der Waals surface area contributed by atoms with Crippen LogP contribution < -0.4 is 10.2 Å². The van der Waals surface area contributed by atoms with E-state index >= 15 is 0 Å². The standard InChI is InChI=1S/C25H27NO6S/c1-4-31-20-7-5-18(6-8-20)14-26(19-9-10-33(29,30)15-19)25(28)23-13-22(27)21-12-16(2)11-17(3)24(21)32-23/h5-8,11-13,19H,4,9-10,14-15H2,1-3H3/t19-/m0/s1. The van der Waals surface area contributed by atoms with E-state index < -0.39 is 21.8 Å². The van der Waals surface area contributed by atoms with E-state index in [0.717, 1.165) is 16.7 Å². The van der Waals surface area contributed by atoms with Crippen LogP contribution in [0.1, 0.15) is 40.6 Å². The fraction of sp³-hybridized carbons (Fsp3) is 0.360. The molecule has 33 heavy (non-hydrogen) atoms. The van der Waals surface area contributed by atoms with E-state index in [2.05, 4.69) is 0 Å². The molecule has 0 aliphatic carbocycles. The zero-order valence-corrected chi connectivity index (χ0v) is 19.8. The number of aryl methyl sites for hydroxylation is 2. The summed E-state index contributed by atoms with van der Waals surface area (Å²) in [6.45, 7) is 6.36. The molecule has 1 aliphatic heterocycles. The second-order valence-electron chi connectivity index (χ2n) is 8.50. The van der Waals surface area contributed by atoms with Gasteiger partial charge in [0.15, 0.2) is 21.0 Å². The third kappa shape index (κ3) is 4.95. The van der Waals surface area contributed by atoms with Gasteiger partial charge >= 0.3 is 0 Å². The van der Waals surface area contributed by atoms with Gasteiger partial charge in [0.25, 0.3) is 5.91 Å². The Morgan fingerprint density at radius 1 is 1.15 bits per heavy atom. The van der Waals surface area contributed by atoms with E-state index in [9.17, 15) is 18.0 Å². The Bertz CT molecular complexity index is 1360. The molecule has 174 valence electrons. The van der Waals surface area contributed by atoms with E-state index in [1.54, 1.807) is 6.07 Å². The second-order valence-corrected chi connectivity index (χ2v) is 10.7. The Balaban J connectivity index is 1.72. The quantitative estimate of drug-likeness (QED) is 0.547. The van der Waals surface area contributed by atoms with Gasteiger partial charge in [-0.15, -0.1) is 0 Å². The fourth-order valence-corrected chi connectivity index (χ4v) is 6.03. The Morgan fingerprint density at radius 3 is 2.52 bits per heavy atom. The van der Waals surface area contributed by atoms with Crippen LogP contribution >= 0.6 is 0 Å². The molecule has 7 nitrogen and oxygen atoms in total. The number of rotatable bonds is 6. The number of nitrogens with zero attached hydrogens (tertiary/aromatic N) is 1. The molecule has 1 aliphatic rings. The van der Waals surface area contributed by atoms with Crippen molar-refractivity contribution < 1.29 is 22.4 Å². The molecule has 8 heteroatoms. The van der Waals surface area contributed by atoms with Crippen LogP contribution in [0.25, 0.3) is 11.0 Å². The SMILES string of the molecule is CCOc1ccc(CN(C(=O)c2cc(=O)c3cc(C)cc(C)c3o2)[C@H]2CCS(=O)(=O)C2)cc1. The largest absolute Gasteiger partial charge is 0.494 e. The first kappa shape index (κ1) is 23.0. The normalized spacial score (nSPS) is 17.2. The smallest absolute Gasteiger partial charge is 0.290 e. The molecular formula is C25H27NO6S. The van der Waals surface area contributed by atoms with E-state index in [1.807, 2.05) is 51.1 Å². The number of carbonyl (C=O) groups excluding carboxylic acids is 1. The average molecular weight is 470 g/mol. The molecule has 0 radical (unpaired) electrons. The zero-order chi connectivity index (χ0) is 23.8.